The summed E-state index contributed by atoms with van der Waals surface area (Å²) >= 11 is 0. The molecule has 7 heteroatoms. The van der Waals surface area contributed by atoms with Gasteiger partial charge in [-0.15, -0.1) is 12.4 Å². The fraction of sp³-hybridized carbons (Fsp3) is 0.400. The predicted molar refractivity (Wildman–Crippen MR) is 170 cm³/mol. The largest absolute Gasteiger partial charge is 0.489 e. The molecule has 42 heavy (non-hydrogen) atoms. The molecule has 1 fully saturated rings. The second-order valence-corrected chi connectivity index (χ2v) is 12.3. The summed E-state index contributed by atoms with van der Waals surface area (Å²) in [6, 6.07) is 20.7. The molecule has 1 atom stereocenters. The van der Waals surface area contributed by atoms with Crippen molar-refractivity contribution in [1.82, 2.24) is 4.90 Å². The maximum absolute atomic E-state index is 12.6. The Morgan fingerprint density at radius 2 is 1.83 bits per heavy atom. The lowest BCUT2D eigenvalue weighted by Crippen LogP contribution is -2.26. The number of anilines is 1. The molecule has 3 aromatic rings. The van der Waals surface area contributed by atoms with Crippen molar-refractivity contribution in [3.63, 3.8) is 0 Å². The van der Waals surface area contributed by atoms with Crippen molar-refractivity contribution in [1.29, 1.82) is 0 Å². The summed E-state index contributed by atoms with van der Waals surface area (Å²) in [5, 5.41) is 13.3. The molecule has 0 radical (unpaired) electrons. The lowest BCUT2D eigenvalue weighted by molar-refractivity contribution is 0.0696. The first kappa shape index (κ1) is 30.1. The number of hydrogen-bond donors (Lipinski definition) is 2. The Labute approximate surface area is 254 Å². The lowest BCUT2D eigenvalue weighted by Gasteiger charge is -2.19. The average Bonchev–Trinajstić information content (AvgIpc) is 3.47. The first-order valence-electron chi connectivity index (χ1n) is 14.9. The second kappa shape index (κ2) is 12.5. The number of hydrogen-bond acceptors (Lipinski definition) is 4. The van der Waals surface area contributed by atoms with Crippen molar-refractivity contribution in [2.24, 2.45) is 0 Å². The Bertz CT molecular complexity index is 1480. The van der Waals surface area contributed by atoms with Crippen molar-refractivity contribution in [2.45, 2.75) is 64.0 Å². The number of benzene rings is 3. The normalized spacial score (nSPS) is 19.4. The third-order valence-corrected chi connectivity index (χ3v) is 8.64. The predicted octanol–water partition coefficient (Wildman–Crippen LogP) is 7.66. The van der Waals surface area contributed by atoms with E-state index in [4.69, 9.17) is 4.74 Å². The number of carboxylic acids is 1. The van der Waals surface area contributed by atoms with Gasteiger partial charge in [-0.3, -0.25) is 9.29 Å². The van der Waals surface area contributed by atoms with Gasteiger partial charge >= 0.3 is 5.97 Å². The molecule has 3 aliphatic rings. The second-order valence-electron chi connectivity index (χ2n) is 12.3. The van der Waals surface area contributed by atoms with Crippen molar-refractivity contribution in [3.8, 4) is 5.75 Å². The van der Waals surface area contributed by atoms with E-state index in [-0.39, 0.29) is 30.7 Å². The third-order valence-electron chi connectivity index (χ3n) is 8.64. The van der Waals surface area contributed by atoms with Gasteiger partial charge in [-0.2, -0.15) is 0 Å². The Morgan fingerprint density at radius 1 is 1.05 bits per heavy atom. The van der Waals surface area contributed by atoms with E-state index in [2.05, 4.69) is 66.5 Å². The highest BCUT2D eigenvalue weighted by atomic mass is 35.5. The monoisotopic (exact) mass is 590 g/mol. The molecule has 6 rings (SSSR count). The van der Waals surface area contributed by atoms with Crippen LogP contribution in [0.25, 0.3) is 11.1 Å². The maximum atomic E-state index is 12.6. The highest BCUT2D eigenvalue weighted by Gasteiger charge is 2.29. The van der Waals surface area contributed by atoms with E-state index in [0.717, 1.165) is 74.2 Å². The quantitative estimate of drug-likeness (QED) is 0.282. The highest BCUT2D eigenvalue weighted by molar-refractivity contribution is 6.01. The summed E-state index contributed by atoms with van der Waals surface area (Å²) in [5.41, 5.74) is 9.91. The SMILES string of the molecule is CC1(C)Cc2cc(C3=C(c4ccc(O[C@H]5CCN(CCCF)C5)cc4)c4ccc(C(=O)O)cc4CCC3)ccc2N1.Cl. The van der Waals surface area contributed by atoms with Gasteiger partial charge in [0.05, 0.1) is 12.2 Å². The lowest BCUT2D eigenvalue weighted by atomic mass is 9.86. The van der Waals surface area contributed by atoms with Gasteiger partial charge in [-0.1, -0.05) is 24.3 Å². The average molecular weight is 591 g/mol. The van der Waals surface area contributed by atoms with E-state index < -0.39 is 5.97 Å². The van der Waals surface area contributed by atoms with Crippen LogP contribution in [0.2, 0.25) is 0 Å². The van der Waals surface area contributed by atoms with E-state index >= 15 is 0 Å². The fourth-order valence-corrected chi connectivity index (χ4v) is 6.75. The molecule has 1 saturated heterocycles. The number of rotatable bonds is 8. The van der Waals surface area contributed by atoms with Crippen LogP contribution in [0.3, 0.4) is 0 Å². The zero-order valence-electron chi connectivity index (χ0n) is 24.4. The number of aromatic carboxylic acids is 1. The number of allylic oxidation sites excluding steroid dienone is 1. The van der Waals surface area contributed by atoms with Crippen LogP contribution >= 0.6 is 12.4 Å². The molecule has 222 valence electrons. The van der Waals surface area contributed by atoms with Gasteiger partial charge in [-0.05, 0) is 128 Å². The van der Waals surface area contributed by atoms with E-state index in [1.165, 1.54) is 28.0 Å². The fourth-order valence-electron chi connectivity index (χ4n) is 6.75. The van der Waals surface area contributed by atoms with Gasteiger partial charge in [0.15, 0.2) is 0 Å². The number of nitrogens with one attached hydrogen (secondary N) is 1. The molecule has 0 aromatic heterocycles. The number of carboxylic acid groups (broad SMARTS) is 1. The van der Waals surface area contributed by atoms with Gasteiger partial charge in [0, 0.05) is 30.9 Å². The summed E-state index contributed by atoms with van der Waals surface area (Å²) < 4.78 is 18.9. The minimum absolute atomic E-state index is 0. The standard InChI is InChI=1S/C35H39FN2O3.ClH/c1-35(2)21-27-20-25(10-14-32(27)37-35)30-6-3-5-24-19-26(34(39)40)9-13-31(24)33(30)23-7-11-28(12-8-23)41-29-15-18-38(22-29)17-4-16-36;/h7-14,19-20,29,37H,3-6,15-18,21-22H2,1-2H3,(H,39,40);1H/t29-;/m0./s1. The molecule has 0 spiro atoms. The smallest absolute Gasteiger partial charge is 0.335 e. The minimum atomic E-state index is -0.895. The number of fused-ring (bicyclic) bond motifs is 2. The maximum Gasteiger partial charge on any atom is 0.335 e. The third kappa shape index (κ3) is 6.35. The number of nitrogens with zero attached hydrogens (tertiary/aromatic N) is 1. The molecular formula is C35H40ClFN2O3. The van der Waals surface area contributed by atoms with E-state index in [1.807, 2.05) is 12.1 Å². The summed E-state index contributed by atoms with van der Waals surface area (Å²) in [5.74, 6) is -0.0534. The van der Waals surface area contributed by atoms with E-state index in [9.17, 15) is 14.3 Å². The first-order valence-corrected chi connectivity index (χ1v) is 14.9. The van der Waals surface area contributed by atoms with Crippen LogP contribution in [0, 0.1) is 0 Å². The highest BCUT2D eigenvalue weighted by Crippen LogP contribution is 2.42. The molecular weight excluding hydrogens is 551 g/mol. The molecule has 0 saturated carbocycles. The molecule has 2 aliphatic heterocycles. The van der Waals surface area contributed by atoms with Crippen molar-refractivity contribution in [3.05, 3.63) is 94.0 Å². The van der Waals surface area contributed by atoms with Crippen LogP contribution in [0.4, 0.5) is 10.1 Å². The summed E-state index contributed by atoms with van der Waals surface area (Å²) in [6.45, 7) is 6.75. The van der Waals surface area contributed by atoms with Crippen LogP contribution in [-0.2, 0) is 12.8 Å². The number of carbonyl (C=O) groups is 1. The molecule has 2 heterocycles. The molecule has 2 N–H and O–H groups in total. The van der Waals surface area contributed by atoms with Crippen LogP contribution in [-0.4, -0.2) is 53.9 Å². The Kier molecular flexibility index (Phi) is 8.95. The molecule has 1 aliphatic carbocycles. The van der Waals surface area contributed by atoms with E-state index in [0.29, 0.717) is 12.0 Å². The molecule has 0 amide bonds. The zero-order valence-corrected chi connectivity index (χ0v) is 25.2. The topological polar surface area (TPSA) is 61.8 Å². The van der Waals surface area contributed by atoms with E-state index in [1.54, 1.807) is 6.07 Å². The minimum Gasteiger partial charge on any atom is -0.489 e. The zero-order chi connectivity index (χ0) is 28.6. The summed E-state index contributed by atoms with van der Waals surface area (Å²) in [6.07, 6.45) is 5.33. The first-order chi connectivity index (χ1) is 19.8. The molecule has 3 aromatic carbocycles. The van der Waals surface area contributed by atoms with Crippen LogP contribution < -0.4 is 10.1 Å². The number of halogens is 2. The Morgan fingerprint density at radius 3 is 2.60 bits per heavy atom. The van der Waals surface area contributed by atoms with Gasteiger partial charge < -0.3 is 15.2 Å². The summed E-state index contributed by atoms with van der Waals surface area (Å²) in [7, 11) is 0. The number of likely N-dealkylation sites (tertiary alicyclic amines) is 1. The van der Waals surface area contributed by atoms with Gasteiger partial charge in [0.25, 0.3) is 0 Å². The Balaban J connectivity index is 0.00000353. The molecule has 5 nitrogen and oxygen atoms in total. The van der Waals surface area contributed by atoms with Crippen LogP contribution in [0.1, 0.15) is 77.7 Å². The van der Waals surface area contributed by atoms with Crippen LogP contribution in [0.15, 0.2) is 60.7 Å². The van der Waals surface area contributed by atoms with Gasteiger partial charge in [0.2, 0.25) is 0 Å². The van der Waals surface area contributed by atoms with Crippen molar-refractivity contribution >= 4 is 35.2 Å². The van der Waals surface area contributed by atoms with Gasteiger partial charge in [0.1, 0.15) is 11.9 Å². The van der Waals surface area contributed by atoms with Crippen molar-refractivity contribution in [2.75, 3.05) is 31.6 Å². The molecule has 0 bridgehead atoms. The number of alkyl halides is 1. The number of aryl methyl sites for hydroxylation is 1. The van der Waals surface area contributed by atoms with Crippen molar-refractivity contribution < 1.29 is 19.0 Å². The number of ether oxygens (including phenoxy) is 1. The van der Waals surface area contributed by atoms with Crippen LogP contribution in [0.5, 0.6) is 5.75 Å². The summed E-state index contributed by atoms with van der Waals surface area (Å²) in [4.78, 5) is 14.0. The molecule has 0 unspecified atom stereocenters. The Hall–Kier alpha value is -3.35. The van der Waals surface area contributed by atoms with Gasteiger partial charge in [-0.25, -0.2) is 4.79 Å².